The lowest BCUT2D eigenvalue weighted by Crippen LogP contribution is -2.18. The summed E-state index contributed by atoms with van der Waals surface area (Å²) < 4.78 is 5.16. The van der Waals surface area contributed by atoms with Gasteiger partial charge in [0.2, 0.25) is 0 Å². The zero-order chi connectivity index (χ0) is 16.2. The number of ether oxygens (including phenoxy) is 1. The Labute approximate surface area is 136 Å². The first-order valence-electron chi connectivity index (χ1n) is 7.76. The van der Waals surface area contributed by atoms with Crippen LogP contribution in [0.5, 0.6) is 11.5 Å². The van der Waals surface area contributed by atoms with Gasteiger partial charge in [0.15, 0.2) is 11.5 Å². The Morgan fingerprint density at radius 2 is 1.74 bits per heavy atom. The fourth-order valence-corrected chi connectivity index (χ4v) is 2.88. The van der Waals surface area contributed by atoms with Gasteiger partial charge in [-0.15, -0.1) is 0 Å². The van der Waals surface area contributed by atoms with Crippen LogP contribution >= 0.6 is 0 Å². The molecule has 0 amide bonds. The van der Waals surface area contributed by atoms with E-state index >= 15 is 0 Å². The summed E-state index contributed by atoms with van der Waals surface area (Å²) in [5.41, 5.74) is 2.09. The van der Waals surface area contributed by atoms with Gasteiger partial charge in [0.05, 0.1) is 7.11 Å². The van der Waals surface area contributed by atoms with Crippen LogP contribution in [0.2, 0.25) is 0 Å². The van der Waals surface area contributed by atoms with Gasteiger partial charge in [-0.3, -0.25) is 0 Å². The van der Waals surface area contributed by atoms with Gasteiger partial charge in [-0.25, -0.2) is 0 Å². The van der Waals surface area contributed by atoms with Gasteiger partial charge in [-0.2, -0.15) is 0 Å². The van der Waals surface area contributed by atoms with Gasteiger partial charge < -0.3 is 15.2 Å². The lowest BCUT2D eigenvalue weighted by Gasteiger charge is -2.17. The second-order valence-corrected chi connectivity index (χ2v) is 5.64. The molecular weight excluding hydrogens is 286 g/mol. The molecule has 0 radical (unpaired) electrons. The van der Waals surface area contributed by atoms with Crippen LogP contribution in [0.3, 0.4) is 0 Å². The normalized spacial score (nSPS) is 12.3. The molecule has 3 nitrogen and oxygen atoms in total. The first kappa shape index (κ1) is 15.4. The molecular formula is C20H21NO2. The summed E-state index contributed by atoms with van der Waals surface area (Å²) in [5.74, 6) is 0.703. The third-order valence-corrected chi connectivity index (χ3v) is 4.19. The number of hydrogen-bond donors (Lipinski definition) is 2. The first-order chi connectivity index (χ1) is 11.2. The Balaban J connectivity index is 1.81. The topological polar surface area (TPSA) is 41.5 Å². The Kier molecular flexibility index (Phi) is 4.49. The smallest absolute Gasteiger partial charge is 0.162 e. The van der Waals surface area contributed by atoms with Crippen molar-refractivity contribution in [2.75, 3.05) is 7.11 Å². The van der Waals surface area contributed by atoms with E-state index in [2.05, 4.69) is 54.7 Å². The second-order valence-electron chi connectivity index (χ2n) is 5.64. The van der Waals surface area contributed by atoms with Crippen molar-refractivity contribution in [2.24, 2.45) is 0 Å². The quantitative estimate of drug-likeness (QED) is 0.734. The molecule has 3 aromatic rings. The molecule has 3 rings (SSSR count). The van der Waals surface area contributed by atoms with E-state index in [1.165, 1.54) is 16.3 Å². The van der Waals surface area contributed by atoms with Crippen molar-refractivity contribution in [2.45, 2.75) is 19.5 Å². The van der Waals surface area contributed by atoms with E-state index in [0.717, 1.165) is 5.56 Å². The van der Waals surface area contributed by atoms with Gasteiger partial charge in [0.1, 0.15) is 0 Å². The number of phenolic OH excluding ortho intramolecular Hbond substituents is 1. The minimum absolute atomic E-state index is 0.173. The van der Waals surface area contributed by atoms with Crippen molar-refractivity contribution in [3.8, 4) is 11.5 Å². The second kappa shape index (κ2) is 6.71. The van der Waals surface area contributed by atoms with Gasteiger partial charge in [0.25, 0.3) is 0 Å². The molecule has 0 heterocycles. The zero-order valence-corrected chi connectivity index (χ0v) is 13.4. The van der Waals surface area contributed by atoms with E-state index in [1.54, 1.807) is 13.2 Å². The van der Waals surface area contributed by atoms with Crippen LogP contribution < -0.4 is 10.1 Å². The fraction of sp³-hybridized carbons (Fsp3) is 0.200. The summed E-state index contributed by atoms with van der Waals surface area (Å²) in [4.78, 5) is 0. The number of para-hydroxylation sites is 1. The summed E-state index contributed by atoms with van der Waals surface area (Å²) in [5, 5.41) is 16.2. The Hall–Kier alpha value is -2.52. The van der Waals surface area contributed by atoms with E-state index in [-0.39, 0.29) is 11.8 Å². The van der Waals surface area contributed by atoms with Crippen LogP contribution in [-0.2, 0) is 6.54 Å². The number of rotatable bonds is 5. The zero-order valence-electron chi connectivity index (χ0n) is 13.4. The van der Waals surface area contributed by atoms with Crippen molar-refractivity contribution in [3.63, 3.8) is 0 Å². The average Bonchev–Trinajstić information content (AvgIpc) is 2.60. The summed E-state index contributed by atoms with van der Waals surface area (Å²) in [6, 6.07) is 20.5. The van der Waals surface area contributed by atoms with Crippen molar-refractivity contribution >= 4 is 10.8 Å². The number of hydrogen-bond acceptors (Lipinski definition) is 3. The highest BCUT2D eigenvalue weighted by molar-refractivity contribution is 5.86. The van der Waals surface area contributed by atoms with Crippen LogP contribution in [0.25, 0.3) is 10.8 Å². The largest absolute Gasteiger partial charge is 0.504 e. The molecule has 23 heavy (non-hydrogen) atoms. The molecule has 118 valence electrons. The highest BCUT2D eigenvalue weighted by atomic mass is 16.5. The molecule has 1 atom stereocenters. The van der Waals surface area contributed by atoms with Crippen molar-refractivity contribution in [3.05, 3.63) is 71.8 Å². The van der Waals surface area contributed by atoms with Crippen molar-refractivity contribution in [1.82, 2.24) is 5.32 Å². The molecule has 0 spiro atoms. The molecule has 3 aromatic carbocycles. The number of methoxy groups -OCH3 is 1. The van der Waals surface area contributed by atoms with Crippen LogP contribution in [0.4, 0.5) is 0 Å². The molecule has 0 aliphatic carbocycles. The predicted octanol–water partition coefficient (Wildman–Crippen LogP) is 4.40. The number of phenols is 1. The van der Waals surface area contributed by atoms with Gasteiger partial charge in [-0.1, -0.05) is 54.6 Å². The molecule has 0 aromatic heterocycles. The van der Waals surface area contributed by atoms with E-state index in [0.29, 0.717) is 12.3 Å². The first-order valence-corrected chi connectivity index (χ1v) is 7.76. The molecule has 0 saturated heterocycles. The minimum atomic E-state index is 0.173. The van der Waals surface area contributed by atoms with Gasteiger partial charge >= 0.3 is 0 Å². The van der Waals surface area contributed by atoms with Crippen LogP contribution in [0.1, 0.15) is 24.1 Å². The monoisotopic (exact) mass is 307 g/mol. The number of benzene rings is 3. The van der Waals surface area contributed by atoms with Crippen LogP contribution in [0.15, 0.2) is 60.7 Å². The SMILES string of the molecule is COc1cccc(CN[C@H](C)c2cccc3ccccc23)c1O. The molecule has 0 fully saturated rings. The highest BCUT2D eigenvalue weighted by Crippen LogP contribution is 2.30. The minimum Gasteiger partial charge on any atom is -0.504 e. The molecule has 3 heteroatoms. The van der Waals surface area contributed by atoms with Crippen LogP contribution in [0, 0.1) is 0 Å². The highest BCUT2D eigenvalue weighted by Gasteiger charge is 2.11. The van der Waals surface area contributed by atoms with Gasteiger partial charge in [-0.05, 0) is 29.3 Å². The standard InChI is InChI=1S/C20H21NO2/c1-14(17-11-5-8-15-7-3-4-10-18(15)17)21-13-16-9-6-12-19(23-2)20(16)22/h3-12,14,21-22H,13H2,1-2H3/t14-/m1/s1. The maximum absolute atomic E-state index is 10.2. The summed E-state index contributed by atoms with van der Waals surface area (Å²) in [7, 11) is 1.56. The number of aromatic hydroxyl groups is 1. The molecule has 0 unspecified atom stereocenters. The summed E-state index contributed by atoms with van der Waals surface area (Å²) >= 11 is 0. The van der Waals surface area contributed by atoms with E-state index in [1.807, 2.05) is 12.1 Å². The molecule has 0 aliphatic rings. The average molecular weight is 307 g/mol. The summed E-state index contributed by atoms with van der Waals surface area (Å²) in [6.45, 7) is 2.71. The third kappa shape index (κ3) is 3.15. The lowest BCUT2D eigenvalue weighted by molar-refractivity contribution is 0.369. The maximum atomic E-state index is 10.2. The summed E-state index contributed by atoms with van der Waals surface area (Å²) in [6.07, 6.45) is 0. The number of nitrogens with one attached hydrogen (secondary N) is 1. The Morgan fingerprint density at radius 3 is 2.57 bits per heavy atom. The Morgan fingerprint density at radius 1 is 1.00 bits per heavy atom. The van der Waals surface area contributed by atoms with E-state index in [9.17, 15) is 5.11 Å². The lowest BCUT2D eigenvalue weighted by atomic mass is 9.99. The molecule has 0 bridgehead atoms. The van der Waals surface area contributed by atoms with Crippen molar-refractivity contribution in [1.29, 1.82) is 0 Å². The van der Waals surface area contributed by atoms with Crippen LogP contribution in [-0.4, -0.2) is 12.2 Å². The fourth-order valence-electron chi connectivity index (χ4n) is 2.88. The molecule has 0 aliphatic heterocycles. The number of fused-ring (bicyclic) bond motifs is 1. The Bertz CT molecular complexity index is 808. The van der Waals surface area contributed by atoms with E-state index < -0.39 is 0 Å². The van der Waals surface area contributed by atoms with Crippen molar-refractivity contribution < 1.29 is 9.84 Å². The third-order valence-electron chi connectivity index (χ3n) is 4.19. The predicted molar refractivity (Wildman–Crippen MR) is 93.9 cm³/mol. The molecule has 2 N–H and O–H groups in total. The molecule has 0 saturated carbocycles. The van der Waals surface area contributed by atoms with E-state index in [4.69, 9.17) is 4.74 Å². The van der Waals surface area contributed by atoms with Gasteiger partial charge in [0, 0.05) is 18.2 Å². The maximum Gasteiger partial charge on any atom is 0.162 e.